The molecule has 1 amide bonds. The van der Waals surface area contributed by atoms with Crippen LogP contribution in [0.4, 0.5) is 0 Å². The van der Waals surface area contributed by atoms with Crippen LogP contribution in [0.5, 0.6) is 0 Å². The Bertz CT molecular complexity index is 499. The summed E-state index contributed by atoms with van der Waals surface area (Å²) in [6.45, 7) is 0.463. The van der Waals surface area contributed by atoms with E-state index < -0.39 is 0 Å². The summed E-state index contributed by atoms with van der Waals surface area (Å²) in [5.41, 5.74) is 1.03. The van der Waals surface area contributed by atoms with Crippen LogP contribution >= 0.6 is 15.9 Å². The first-order valence-electron chi connectivity index (χ1n) is 5.05. The van der Waals surface area contributed by atoms with E-state index in [9.17, 15) is 4.79 Å². The van der Waals surface area contributed by atoms with Crippen LogP contribution in [0.1, 0.15) is 16.2 Å². The molecule has 0 spiro atoms. The maximum Gasteiger partial charge on any atom is 0.289 e. The van der Waals surface area contributed by atoms with Gasteiger partial charge in [0.05, 0.1) is 0 Å². The van der Waals surface area contributed by atoms with Crippen LogP contribution in [0.15, 0.2) is 47.2 Å². The van der Waals surface area contributed by atoms with E-state index in [0.29, 0.717) is 6.54 Å². The maximum absolute atomic E-state index is 11.6. The van der Waals surface area contributed by atoms with Gasteiger partial charge in [-0.05, 0) is 23.8 Å². The number of hydrogen-bond acceptors (Lipinski definition) is 3. The lowest BCUT2D eigenvalue weighted by Crippen LogP contribution is -2.24. The number of hydrogen-bond donors (Lipinski definition) is 1. The molecule has 0 radical (unpaired) electrons. The summed E-state index contributed by atoms with van der Waals surface area (Å²) in [7, 11) is 0. The van der Waals surface area contributed by atoms with Gasteiger partial charge in [-0.1, -0.05) is 28.1 Å². The largest absolute Gasteiger partial charge is 0.345 e. The molecular weight excluding hydrogens is 282 g/mol. The summed E-state index contributed by atoms with van der Waals surface area (Å²) >= 11 is 3.35. The molecule has 2 aromatic rings. The minimum absolute atomic E-state index is 0.185. The highest BCUT2D eigenvalue weighted by molar-refractivity contribution is 9.10. The molecule has 0 saturated heterocycles. The van der Waals surface area contributed by atoms with Crippen molar-refractivity contribution in [1.82, 2.24) is 15.3 Å². The Balaban J connectivity index is 1.95. The van der Waals surface area contributed by atoms with Gasteiger partial charge in [-0.25, -0.2) is 9.97 Å². The lowest BCUT2D eigenvalue weighted by atomic mass is 10.2. The van der Waals surface area contributed by atoms with Crippen molar-refractivity contribution in [2.24, 2.45) is 0 Å². The fraction of sp³-hybridized carbons (Fsp3) is 0.0833. The van der Waals surface area contributed by atoms with Crippen LogP contribution in [0, 0.1) is 0 Å². The van der Waals surface area contributed by atoms with Crippen LogP contribution in [-0.2, 0) is 6.54 Å². The van der Waals surface area contributed by atoms with Gasteiger partial charge in [0.1, 0.15) is 0 Å². The third-order valence-corrected chi connectivity index (χ3v) is 2.66. The molecule has 1 N–H and O–H groups in total. The van der Waals surface area contributed by atoms with Crippen LogP contribution in [0.3, 0.4) is 0 Å². The second kappa shape index (κ2) is 5.54. The van der Waals surface area contributed by atoms with E-state index in [1.807, 2.05) is 24.3 Å². The summed E-state index contributed by atoms with van der Waals surface area (Å²) in [4.78, 5) is 19.4. The Morgan fingerprint density at radius 1 is 1.18 bits per heavy atom. The molecular formula is C12H10BrN3O. The van der Waals surface area contributed by atoms with Crippen molar-refractivity contribution in [2.45, 2.75) is 6.54 Å². The predicted molar refractivity (Wildman–Crippen MR) is 67.3 cm³/mol. The van der Waals surface area contributed by atoms with E-state index in [0.717, 1.165) is 10.0 Å². The number of aromatic nitrogens is 2. The Hall–Kier alpha value is -1.75. The van der Waals surface area contributed by atoms with E-state index in [4.69, 9.17) is 0 Å². The number of carbonyl (C=O) groups excluding carboxylic acids is 1. The Morgan fingerprint density at radius 3 is 2.47 bits per heavy atom. The first kappa shape index (κ1) is 11.7. The van der Waals surface area contributed by atoms with Gasteiger partial charge < -0.3 is 5.32 Å². The van der Waals surface area contributed by atoms with Gasteiger partial charge in [0.25, 0.3) is 5.91 Å². The molecule has 1 heterocycles. The number of halogens is 1. The number of carbonyl (C=O) groups is 1. The molecule has 4 nitrogen and oxygen atoms in total. The molecule has 1 aromatic heterocycles. The fourth-order valence-corrected chi connectivity index (χ4v) is 1.54. The van der Waals surface area contributed by atoms with Gasteiger partial charge in [0, 0.05) is 23.4 Å². The smallest absolute Gasteiger partial charge is 0.289 e. The average molecular weight is 292 g/mol. The van der Waals surface area contributed by atoms with Crippen molar-refractivity contribution in [3.63, 3.8) is 0 Å². The van der Waals surface area contributed by atoms with E-state index in [2.05, 4.69) is 31.2 Å². The molecule has 2 rings (SSSR count). The van der Waals surface area contributed by atoms with Crippen molar-refractivity contribution in [3.8, 4) is 0 Å². The van der Waals surface area contributed by atoms with Crippen LogP contribution in [0.25, 0.3) is 0 Å². The van der Waals surface area contributed by atoms with Gasteiger partial charge in [-0.3, -0.25) is 4.79 Å². The molecule has 0 unspecified atom stereocenters. The Kier molecular flexibility index (Phi) is 3.82. The molecule has 1 aromatic carbocycles. The number of benzene rings is 1. The summed E-state index contributed by atoms with van der Waals surface area (Å²) in [6.07, 6.45) is 3.09. The first-order valence-corrected chi connectivity index (χ1v) is 5.84. The standard InChI is InChI=1S/C12H10BrN3O/c13-10-4-2-9(3-5-10)8-16-12(17)11-14-6-1-7-15-11/h1-7H,8H2,(H,16,17). The summed E-state index contributed by atoms with van der Waals surface area (Å²) in [5, 5.41) is 2.76. The van der Waals surface area contributed by atoms with Crippen molar-refractivity contribution < 1.29 is 4.79 Å². The first-order chi connectivity index (χ1) is 8.25. The zero-order valence-electron chi connectivity index (χ0n) is 8.93. The quantitative estimate of drug-likeness (QED) is 0.943. The van der Waals surface area contributed by atoms with E-state index in [1.165, 1.54) is 0 Å². The molecule has 0 saturated carbocycles. The Morgan fingerprint density at radius 2 is 1.82 bits per heavy atom. The molecule has 17 heavy (non-hydrogen) atoms. The van der Waals surface area contributed by atoms with E-state index in [1.54, 1.807) is 18.5 Å². The summed E-state index contributed by atoms with van der Waals surface area (Å²) in [5.74, 6) is -0.0851. The molecule has 0 fully saturated rings. The van der Waals surface area contributed by atoms with Gasteiger partial charge in [0.15, 0.2) is 0 Å². The average Bonchev–Trinajstić information content (AvgIpc) is 2.39. The zero-order valence-corrected chi connectivity index (χ0v) is 10.5. The minimum Gasteiger partial charge on any atom is -0.345 e. The Labute approximate surface area is 107 Å². The summed E-state index contributed by atoms with van der Waals surface area (Å²) in [6, 6.07) is 9.42. The number of nitrogens with zero attached hydrogens (tertiary/aromatic N) is 2. The van der Waals surface area contributed by atoms with Crippen LogP contribution in [-0.4, -0.2) is 15.9 Å². The molecule has 0 bridgehead atoms. The lowest BCUT2D eigenvalue weighted by Gasteiger charge is -2.04. The van der Waals surface area contributed by atoms with E-state index in [-0.39, 0.29) is 11.7 Å². The molecule has 5 heteroatoms. The molecule has 0 atom stereocenters. The highest BCUT2D eigenvalue weighted by Gasteiger charge is 2.06. The van der Waals surface area contributed by atoms with Crippen molar-refractivity contribution in [2.75, 3.05) is 0 Å². The third-order valence-electron chi connectivity index (χ3n) is 2.14. The van der Waals surface area contributed by atoms with E-state index >= 15 is 0 Å². The van der Waals surface area contributed by atoms with Gasteiger partial charge in [-0.2, -0.15) is 0 Å². The SMILES string of the molecule is O=C(NCc1ccc(Br)cc1)c1ncccn1. The van der Waals surface area contributed by atoms with Crippen molar-refractivity contribution in [1.29, 1.82) is 0 Å². The number of rotatable bonds is 3. The van der Waals surface area contributed by atoms with Gasteiger partial charge >= 0.3 is 0 Å². The number of amides is 1. The molecule has 0 aliphatic rings. The normalized spacial score (nSPS) is 9.94. The van der Waals surface area contributed by atoms with Gasteiger partial charge in [-0.15, -0.1) is 0 Å². The highest BCUT2D eigenvalue weighted by Crippen LogP contribution is 2.10. The van der Waals surface area contributed by atoms with Crippen molar-refractivity contribution in [3.05, 3.63) is 58.6 Å². The fourth-order valence-electron chi connectivity index (χ4n) is 1.28. The molecule has 0 aliphatic heterocycles. The molecule has 86 valence electrons. The summed E-state index contributed by atoms with van der Waals surface area (Å²) < 4.78 is 1.01. The minimum atomic E-state index is -0.270. The maximum atomic E-state index is 11.6. The predicted octanol–water partition coefficient (Wildman–Crippen LogP) is 2.17. The number of nitrogens with one attached hydrogen (secondary N) is 1. The molecule has 0 aliphatic carbocycles. The van der Waals surface area contributed by atoms with Crippen molar-refractivity contribution >= 4 is 21.8 Å². The topological polar surface area (TPSA) is 54.9 Å². The zero-order chi connectivity index (χ0) is 12.1. The van der Waals surface area contributed by atoms with Gasteiger partial charge in [0.2, 0.25) is 5.82 Å². The van der Waals surface area contributed by atoms with Crippen LogP contribution in [0.2, 0.25) is 0 Å². The van der Waals surface area contributed by atoms with Crippen LogP contribution < -0.4 is 5.32 Å². The monoisotopic (exact) mass is 291 g/mol. The highest BCUT2D eigenvalue weighted by atomic mass is 79.9. The second-order valence-electron chi connectivity index (χ2n) is 3.38. The lowest BCUT2D eigenvalue weighted by molar-refractivity contribution is 0.0940. The third kappa shape index (κ3) is 3.35. The second-order valence-corrected chi connectivity index (χ2v) is 4.30.